The van der Waals surface area contributed by atoms with Crippen LogP contribution in [-0.4, -0.2) is 23.7 Å². The number of carbonyl (C=O) groups excluding carboxylic acids is 1. The Labute approximate surface area is 113 Å². The summed E-state index contributed by atoms with van der Waals surface area (Å²) >= 11 is 11.2. The molecule has 0 unspecified atom stereocenters. The van der Waals surface area contributed by atoms with E-state index in [1.54, 1.807) is 0 Å². The number of carboxylic acids is 1. The van der Waals surface area contributed by atoms with Crippen molar-refractivity contribution in [3.8, 4) is 0 Å². The number of rotatable bonds is 4. The van der Waals surface area contributed by atoms with Crippen molar-refractivity contribution in [1.29, 1.82) is 0 Å². The van der Waals surface area contributed by atoms with Gasteiger partial charge < -0.3 is 15.7 Å². The van der Waals surface area contributed by atoms with Gasteiger partial charge in [-0.2, -0.15) is 0 Å². The minimum absolute atomic E-state index is 0.0868. The van der Waals surface area contributed by atoms with E-state index >= 15 is 0 Å². The second-order valence-electron chi connectivity index (χ2n) is 3.32. The summed E-state index contributed by atoms with van der Waals surface area (Å²) in [5.41, 5.74) is 0.228. The molecular weight excluding hydrogens is 279 g/mol. The second kappa shape index (κ2) is 6.28. The Balaban J connectivity index is 2.73. The lowest BCUT2D eigenvalue weighted by Crippen LogP contribution is -2.29. The predicted molar refractivity (Wildman–Crippen MR) is 70.4 cm³/mol. The van der Waals surface area contributed by atoms with Crippen LogP contribution in [0.1, 0.15) is 10.4 Å². The summed E-state index contributed by atoms with van der Waals surface area (Å²) in [4.78, 5) is 22.2. The molecule has 7 heteroatoms. The number of hydrogen-bond acceptors (Lipinski definition) is 2. The summed E-state index contributed by atoms with van der Waals surface area (Å²) in [6, 6.07) is 3.63. The van der Waals surface area contributed by atoms with E-state index in [0.717, 1.165) is 0 Å². The topological polar surface area (TPSA) is 78.4 Å². The fraction of sp³-hybridized carbons (Fsp3) is 0.0909. The van der Waals surface area contributed by atoms with Crippen LogP contribution < -0.4 is 10.6 Å². The fourth-order valence-corrected chi connectivity index (χ4v) is 1.38. The lowest BCUT2D eigenvalue weighted by molar-refractivity contribution is 0.0697. The summed E-state index contributed by atoms with van der Waals surface area (Å²) in [5.74, 6) is -1.17. The van der Waals surface area contributed by atoms with Crippen molar-refractivity contribution in [3.05, 3.63) is 40.4 Å². The van der Waals surface area contributed by atoms with E-state index in [1.807, 2.05) is 0 Å². The standard InChI is InChI=1S/C11H10Cl2N2O3/c1-6(12)5-14-11(18)15-7-2-3-9(13)8(4-7)10(16)17/h2-4H,1,5H2,(H,16,17)(H2,14,15,18). The zero-order valence-electron chi connectivity index (χ0n) is 9.17. The fourth-order valence-electron chi connectivity index (χ4n) is 1.12. The molecule has 3 N–H and O–H groups in total. The summed E-state index contributed by atoms with van der Waals surface area (Å²) in [7, 11) is 0. The van der Waals surface area contributed by atoms with Crippen molar-refractivity contribution in [3.63, 3.8) is 0 Å². The van der Waals surface area contributed by atoms with Crippen LogP contribution in [-0.2, 0) is 0 Å². The van der Waals surface area contributed by atoms with Crippen LogP contribution in [0.2, 0.25) is 5.02 Å². The lowest BCUT2D eigenvalue weighted by Gasteiger charge is -2.08. The minimum Gasteiger partial charge on any atom is -0.478 e. The van der Waals surface area contributed by atoms with Crippen molar-refractivity contribution in [2.24, 2.45) is 0 Å². The number of benzene rings is 1. The molecule has 0 aliphatic heterocycles. The van der Waals surface area contributed by atoms with Crippen LogP contribution in [0.5, 0.6) is 0 Å². The molecule has 18 heavy (non-hydrogen) atoms. The molecule has 0 aromatic heterocycles. The molecule has 0 spiro atoms. The molecule has 0 saturated carbocycles. The molecule has 0 atom stereocenters. The summed E-state index contributed by atoms with van der Waals surface area (Å²) < 4.78 is 0. The van der Waals surface area contributed by atoms with Crippen LogP contribution in [0.3, 0.4) is 0 Å². The van der Waals surface area contributed by atoms with Crippen molar-refractivity contribution in [1.82, 2.24) is 5.32 Å². The number of nitrogens with one attached hydrogen (secondary N) is 2. The third kappa shape index (κ3) is 4.27. The van der Waals surface area contributed by atoms with Gasteiger partial charge in [0.25, 0.3) is 0 Å². The Kier molecular flexibility index (Phi) is 5.00. The molecule has 0 heterocycles. The summed E-state index contributed by atoms with van der Waals surface area (Å²) in [6.45, 7) is 3.53. The van der Waals surface area contributed by atoms with Gasteiger partial charge in [0, 0.05) is 10.7 Å². The number of carboxylic acid groups (broad SMARTS) is 1. The van der Waals surface area contributed by atoms with Crippen molar-refractivity contribution in [2.75, 3.05) is 11.9 Å². The average Bonchev–Trinajstić information content (AvgIpc) is 2.28. The monoisotopic (exact) mass is 288 g/mol. The summed E-state index contributed by atoms with van der Waals surface area (Å²) in [6.07, 6.45) is 0. The molecule has 0 aliphatic carbocycles. The third-order valence-electron chi connectivity index (χ3n) is 1.90. The van der Waals surface area contributed by atoms with Gasteiger partial charge in [0.2, 0.25) is 0 Å². The highest BCUT2D eigenvalue weighted by atomic mass is 35.5. The van der Waals surface area contributed by atoms with Gasteiger partial charge in [-0.15, -0.1) is 0 Å². The maximum absolute atomic E-state index is 11.4. The number of hydrogen-bond donors (Lipinski definition) is 3. The Morgan fingerprint density at radius 1 is 1.39 bits per heavy atom. The number of halogens is 2. The molecule has 1 aromatic carbocycles. The van der Waals surface area contributed by atoms with Crippen LogP contribution in [0.25, 0.3) is 0 Å². The predicted octanol–water partition coefficient (Wildman–Crippen LogP) is 2.91. The maximum Gasteiger partial charge on any atom is 0.337 e. The first-order valence-electron chi connectivity index (χ1n) is 4.81. The van der Waals surface area contributed by atoms with E-state index in [1.165, 1.54) is 18.2 Å². The first kappa shape index (κ1) is 14.3. The Morgan fingerprint density at radius 2 is 2.06 bits per heavy atom. The van der Waals surface area contributed by atoms with Crippen molar-refractivity contribution >= 4 is 40.9 Å². The Bertz CT molecular complexity index is 503. The van der Waals surface area contributed by atoms with Gasteiger partial charge in [-0.3, -0.25) is 0 Å². The molecule has 0 fully saturated rings. The van der Waals surface area contributed by atoms with E-state index in [0.29, 0.717) is 5.69 Å². The van der Waals surface area contributed by atoms with Gasteiger partial charge in [-0.05, 0) is 18.2 Å². The van der Waals surface area contributed by atoms with Crippen LogP contribution in [0.15, 0.2) is 29.8 Å². The van der Waals surface area contributed by atoms with E-state index in [9.17, 15) is 9.59 Å². The molecule has 0 aliphatic rings. The van der Waals surface area contributed by atoms with E-state index in [-0.39, 0.29) is 22.2 Å². The highest BCUT2D eigenvalue weighted by Gasteiger charge is 2.10. The first-order valence-corrected chi connectivity index (χ1v) is 5.56. The van der Waals surface area contributed by atoms with Gasteiger partial charge in [0.15, 0.2) is 0 Å². The third-order valence-corrected chi connectivity index (χ3v) is 2.36. The van der Waals surface area contributed by atoms with Gasteiger partial charge in [-0.25, -0.2) is 9.59 Å². The van der Waals surface area contributed by atoms with E-state index in [2.05, 4.69) is 17.2 Å². The van der Waals surface area contributed by atoms with Crippen molar-refractivity contribution < 1.29 is 14.7 Å². The van der Waals surface area contributed by atoms with E-state index in [4.69, 9.17) is 28.3 Å². The van der Waals surface area contributed by atoms with Gasteiger partial charge in [0.05, 0.1) is 17.1 Å². The number of aromatic carboxylic acids is 1. The van der Waals surface area contributed by atoms with E-state index < -0.39 is 12.0 Å². The maximum atomic E-state index is 11.4. The molecule has 0 radical (unpaired) electrons. The normalized spacial score (nSPS) is 9.67. The lowest BCUT2D eigenvalue weighted by atomic mass is 10.2. The highest BCUT2D eigenvalue weighted by Crippen LogP contribution is 2.20. The van der Waals surface area contributed by atoms with Gasteiger partial charge >= 0.3 is 12.0 Å². The molecule has 96 valence electrons. The molecule has 0 saturated heterocycles. The van der Waals surface area contributed by atoms with Crippen LogP contribution in [0, 0.1) is 0 Å². The van der Waals surface area contributed by atoms with Gasteiger partial charge in [-0.1, -0.05) is 29.8 Å². The zero-order chi connectivity index (χ0) is 13.7. The highest BCUT2D eigenvalue weighted by molar-refractivity contribution is 6.33. The molecular formula is C11H10Cl2N2O3. The second-order valence-corrected chi connectivity index (χ2v) is 4.27. The van der Waals surface area contributed by atoms with Gasteiger partial charge in [0.1, 0.15) is 0 Å². The largest absolute Gasteiger partial charge is 0.478 e. The van der Waals surface area contributed by atoms with Crippen LogP contribution in [0.4, 0.5) is 10.5 Å². The molecule has 0 bridgehead atoms. The Hall–Kier alpha value is -1.72. The zero-order valence-corrected chi connectivity index (χ0v) is 10.7. The number of carbonyl (C=O) groups is 2. The first-order chi connectivity index (χ1) is 8.40. The smallest absolute Gasteiger partial charge is 0.337 e. The molecule has 5 nitrogen and oxygen atoms in total. The SMILES string of the molecule is C=C(Cl)CNC(=O)Nc1ccc(Cl)c(C(=O)O)c1. The quantitative estimate of drug-likeness (QED) is 0.797. The Morgan fingerprint density at radius 3 is 2.61 bits per heavy atom. The van der Waals surface area contributed by atoms with Crippen molar-refractivity contribution in [2.45, 2.75) is 0 Å². The summed E-state index contributed by atoms with van der Waals surface area (Å²) in [5, 5.41) is 14.1. The molecule has 1 rings (SSSR count). The van der Waals surface area contributed by atoms with Crippen LogP contribution >= 0.6 is 23.2 Å². The number of amides is 2. The minimum atomic E-state index is -1.17. The average molecular weight is 289 g/mol. The molecule has 2 amide bonds. The molecule has 1 aromatic rings. The number of anilines is 1. The number of urea groups is 1.